The molecule has 5 heteroatoms. The summed E-state index contributed by atoms with van der Waals surface area (Å²) in [5.74, 6) is 1.77. The normalized spacial score (nSPS) is 10.6. The van der Waals surface area contributed by atoms with Gasteiger partial charge in [-0.1, -0.05) is 36.4 Å². The highest BCUT2D eigenvalue weighted by molar-refractivity contribution is 7.99. The minimum Gasteiger partial charge on any atom is -0.352 e. The zero-order chi connectivity index (χ0) is 17.5. The minimum atomic E-state index is 0.0700. The Hall–Kier alpha value is -2.53. The lowest BCUT2D eigenvalue weighted by atomic mass is 10.1. The second-order valence-electron chi connectivity index (χ2n) is 5.66. The van der Waals surface area contributed by atoms with Gasteiger partial charge in [-0.05, 0) is 30.7 Å². The number of para-hydroxylation sites is 1. The number of aryl methyl sites for hydroxylation is 1. The average Bonchev–Trinajstić information content (AvgIpc) is 3.07. The number of benzene rings is 2. The molecule has 1 heterocycles. The summed E-state index contributed by atoms with van der Waals surface area (Å²) in [5.41, 5.74) is 2.13. The molecule has 2 aromatic carbocycles. The zero-order valence-corrected chi connectivity index (χ0v) is 15.0. The van der Waals surface area contributed by atoms with E-state index in [0.29, 0.717) is 13.0 Å². The molecule has 1 N–H and O–H groups in total. The third-order valence-corrected chi connectivity index (χ3v) is 4.91. The number of nitrogens with zero attached hydrogens (tertiary/aromatic N) is 2. The van der Waals surface area contributed by atoms with Crippen LogP contribution < -0.4 is 5.32 Å². The van der Waals surface area contributed by atoms with E-state index in [1.54, 1.807) is 18.0 Å². The van der Waals surface area contributed by atoms with Gasteiger partial charge in [0.25, 0.3) is 0 Å². The first kappa shape index (κ1) is 17.3. The van der Waals surface area contributed by atoms with Crippen LogP contribution in [0.5, 0.6) is 0 Å². The Morgan fingerprint density at radius 3 is 2.64 bits per heavy atom. The molecule has 0 aliphatic rings. The van der Waals surface area contributed by atoms with Gasteiger partial charge in [0.1, 0.15) is 5.82 Å². The first-order valence-electron chi connectivity index (χ1n) is 8.27. The van der Waals surface area contributed by atoms with Crippen LogP contribution in [-0.4, -0.2) is 21.2 Å². The highest BCUT2D eigenvalue weighted by Gasteiger charge is 2.08. The first-order valence-corrected chi connectivity index (χ1v) is 9.25. The summed E-state index contributed by atoms with van der Waals surface area (Å²) >= 11 is 1.70. The number of carbonyl (C=O) groups excluding carboxylic acids is 1. The van der Waals surface area contributed by atoms with E-state index < -0.39 is 0 Å². The number of nitrogens with one attached hydrogen (secondary N) is 1. The fourth-order valence-electron chi connectivity index (χ4n) is 2.59. The Morgan fingerprint density at radius 2 is 1.88 bits per heavy atom. The number of hydrogen-bond donors (Lipinski definition) is 1. The number of hydrogen-bond acceptors (Lipinski definition) is 3. The second kappa shape index (κ2) is 8.53. The van der Waals surface area contributed by atoms with Crippen molar-refractivity contribution in [1.29, 1.82) is 0 Å². The van der Waals surface area contributed by atoms with Gasteiger partial charge in [0.2, 0.25) is 5.91 Å². The van der Waals surface area contributed by atoms with Crippen molar-refractivity contribution in [2.75, 3.05) is 5.75 Å². The summed E-state index contributed by atoms with van der Waals surface area (Å²) in [7, 11) is 0. The quantitative estimate of drug-likeness (QED) is 0.655. The second-order valence-corrected chi connectivity index (χ2v) is 6.83. The van der Waals surface area contributed by atoms with Crippen LogP contribution in [0.3, 0.4) is 0 Å². The Balaban J connectivity index is 1.53. The fourth-order valence-corrected chi connectivity index (χ4v) is 3.46. The van der Waals surface area contributed by atoms with Crippen molar-refractivity contribution < 1.29 is 4.79 Å². The molecule has 0 saturated heterocycles. The molecule has 0 radical (unpaired) electrons. The van der Waals surface area contributed by atoms with E-state index in [2.05, 4.69) is 22.4 Å². The highest BCUT2D eigenvalue weighted by Crippen LogP contribution is 2.18. The molecule has 3 rings (SSSR count). The zero-order valence-electron chi connectivity index (χ0n) is 14.2. The van der Waals surface area contributed by atoms with E-state index in [9.17, 15) is 4.79 Å². The predicted octanol–water partition coefficient (Wildman–Crippen LogP) is 3.98. The third kappa shape index (κ3) is 4.73. The van der Waals surface area contributed by atoms with Crippen molar-refractivity contribution in [2.45, 2.75) is 24.8 Å². The van der Waals surface area contributed by atoms with Crippen LogP contribution in [0.4, 0.5) is 0 Å². The number of imidazole rings is 1. The number of aromatic nitrogens is 2. The Labute approximate surface area is 152 Å². The van der Waals surface area contributed by atoms with Crippen LogP contribution in [0.15, 0.2) is 71.9 Å². The van der Waals surface area contributed by atoms with Crippen LogP contribution in [0.1, 0.15) is 17.8 Å². The molecular weight excluding hydrogens is 330 g/mol. The SMILES string of the molecule is Cc1nccn1-c1ccccc1CNC(=O)CCSc1ccccc1. The molecule has 0 atom stereocenters. The summed E-state index contributed by atoms with van der Waals surface area (Å²) in [6, 6.07) is 18.2. The molecule has 0 unspecified atom stereocenters. The van der Waals surface area contributed by atoms with Gasteiger partial charge in [0, 0.05) is 36.0 Å². The Morgan fingerprint density at radius 1 is 1.12 bits per heavy atom. The number of rotatable bonds is 7. The highest BCUT2D eigenvalue weighted by atomic mass is 32.2. The summed E-state index contributed by atoms with van der Waals surface area (Å²) in [6.45, 7) is 2.48. The molecule has 1 amide bonds. The molecule has 0 aliphatic heterocycles. The van der Waals surface area contributed by atoms with Gasteiger partial charge in [0.05, 0.1) is 5.69 Å². The largest absolute Gasteiger partial charge is 0.352 e. The third-order valence-electron chi connectivity index (χ3n) is 3.89. The standard InChI is InChI=1S/C20H21N3OS/c1-16-21-12-13-23(16)19-10-6-5-7-17(19)15-22-20(24)11-14-25-18-8-3-2-4-9-18/h2-10,12-13H,11,14-15H2,1H3,(H,22,24). The molecule has 0 bridgehead atoms. The summed E-state index contributed by atoms with van der Waals surface area (Å²) < 4.78 is 2.03. The molecule has 1 aromatic heterocycles. The van der Waals surface area contributed by atoms with Crippen LogP contribution in [0.25, 0.3) is 5.69 Å². The van der Waals surface area contributed by atoms with Crippen molar-refractivity contribution in [1.82, 2.24) is 14.9 Å². The van der Waals surface area contributed by atoms with E-state index in [1.807, 2.05) is 60.2 Å². The van der Waals surface area contributed by atoms with E-state index in [1.165, 1.54) is 4.90 Å². The number of amides is 1. The van der Waals surface area contributed by atoms with E-state index >= 15 is 0 Å². The first-order chi connectivity index (χ1) is 12.2. The van der Waals surface area contributed by atoms with Crippen molar-refractivity contribution in [3.63, 3.8) is 0 Å². The van der Waals surface area contributed by atoms with Crippen molar-refractivity contribution >= 4 is 17.7 Å². The van der Waals surface area contributed by atoms with E-state index in [0.717, 1.165) is 22.8 Å². The molecule has 0 saturated carbocycles. The van der Waals surface area contributed by atoms with Gasteiger partial charge in [-0.2, -0.15) is 0 Å². The van der Waals surface area contributed by atoms with E-state index in [-0.39, 0.29) is 5.91 Å². The molecule has 128 valence electrons. The number of thioether (sulfide) groups is 1. The van der Waals surface area contributed by atoms with Gasteiger partial charge >= 0.3 is 0 Å². The smallest absolute Gasteiger partial charge is 0.221 e. The van der Waals surface area contributed by atoms with Gasteiger partial charge in [-0.25, -0.2) is 4.98 Å². The molecule has 3 aromatic rings. The summed E-state index contributed by atoms with van der Waals surface area (Å²) in [6.07, 6.45) is 4.23. The van der Waals surface area contributed by atoms with Gasteiger partial charge in [0.15, 0.2) is 0 Å². The topological polar surface area (TPSA) is 46.9 Å². The number of carbonyl (C=O) groups is 1. The summed E-state index contributed by atoms with van der Waals surface area (Å²) in [4.78, 5) is 17.6. The lowest BCUT2D eigenvalue weighted by molar-refractivity contribution is -0.120. The maximum atomic E-state index is 12.1. The van der Waals surface area contributed by atoms with Crippen LogP contribution in [0.2, 0.25) is 0 Å². The van der Waals surface area contributed by atoms with Crippen molar-refractivity contribution in [3.8, 4) is 5.69 Å². The lowest BCUT2D eigenvalue weighted by Gasteiger charge is -2.12. The average molecular weight is 351 g/mol. The molecule has 4 nitrogen and oxygen atoms in total. The Kier molecular flexibility index (Phi) is 5.90. The molecular formula is C20H21N3OS. The van der Waals surface area contributed by atoms with Crippen LogP contribution in [-0.2, 0) is 11.3 Å². The van der Waals surface area contributed by atoms with Gasteiger partial charge < -0.3 is 9.88 Å². The predicted molar refractivity (Wildman–Crippen MR) is 102 cm³/mol. The van der Waals surface area contributed by atoms with E-state index in [4.69, 9.17) is 0 Å². The molecule has 0 spiro atoms. The van der Waals surface area contributed by atoms with Crippen LogP contribution >= 0.6 is 11.8 Å². The van der Waals surface area contributed by atoms with Crippen molar-refractivity contribution in [2.24, 2.45) is 0 Å². The van der Waals surface area contributed by atoms with Gasteiger partial charge in [-0.15, -0.1) is 11.8 Å². The molecule has 0 fully saturated rings. The van der Waals surface area contributed by atoms with Crippen molar-refractivity contribution in [3.05, 3.63) is 78.4 Å². The lowest BCUT2D eigenvalue weighted by Crippen LogP contribution is -2.23. The summed E-state index contributed by atoms with van der Waals surface area (Å²) in [5, 5.41) is 3.02. The monoisotopic (exact) mass is 351 g/mol. The minimum absolute atomic E-state index is 0.0700. The van der Waals surface area contributed by atoms with Crippen LogP contribution in [0, 0.1) is 6.92 Å². The molecule has 25 heavy (non-hydrogen) atoms. The maximum Gasteiger partial charge on any atom is 0.221 e. The Bertz CT molecular complexity index is 830. The van der Waals surface area contributed by atoms with Gasteiger partial charge in [-0.3, -0.25) is 4.79 Å². The molecule has 0 aliphatic carbocycles. The fraction of sp³-hybridized carbons (Fsp3) is 0.200. The maximum absolute atomic E-state index is 12.1.